The molecule has 4 heteroatoms. The first-order valence-electron chi connectivity index (χ1n) is 9.67. The van der Waals surface area contributed by atoms with Crippen LogP contribution >= 0.6 is 11.8 Å². The standard InChI is InChI=1S/C23H26N2OS/c1-4-13-27-22-24-20-18-10-6-5-9-17(18)14-23(11-7-8-12-23)19(20)21(26)25(22)15-16(2)3/h4-6,9-10H,1-2,7-8,11-15H2,3H3. The Kier molecular flexibility index (Phi) is 4.85. The normalized spacial score (nSPS) is 16.8. The van der Waals surface area contributed by atoms with Crippen LogP contribution in [-0.4, -0.2) is 15.3 Å². The van der Waals surface area contributed by atoms with Crippen LogP contribution in [0.1, 0.15) is 43.7 Å². The van der Waals surface area contributed by atoms with Crippen molar-refractivity contribution in [2.75, 3.05) is 5.75 Å². The fraction of sp³-hybridized carbons (Fsp3) is 0.391. The number of thioether (sulfide) groups is 1. The molecule has 1 spiro atoms. The molecule has 0 bridgehead atoms. The van der Waals surface area contributed by atoms with E-state index in [1.807, 2.05) is 23.6 Å². The summed E-state index contributed by atoms with van der Waals surface area (Å²) in [5, 5.41) is 0.770. The third-order valence-corrected chi connectivity index (χ3v) is 6.76. The van der Waals surface area contributed by atoms with E-state index in [9.17, 15) is 4.79 Å². The van der Waals surface area contributed by atoms with Crippen LogP contribution in [0, 0.1) is 0 Å². The lowest BCUT2D eigenvalue weighted by Gasteiger charge is -2.36. The maximum Gasteiger partial charge on any atom is 0.258 e. The smallest absolute Gasteiger partial charge is 0.258 e. The number of fused-ring (bicyclic) bond motifs is 4. The lowest BCUT2D eigenvalue weighted by Crippen LogP contribution is -2.40. The van der Waals surface area contributed by atoms with Crippen molar-refractivity contribution in [3.63, 3.8) is 0 Å². The van der Waals surface area contributed by atoms with Crippen molar-refractivity contribution in [2.24, 2.45) is 0 Å². The van der Waals surface area contributed by atoms with E-state index in [1.165, 1.54) is 18.4 Å². The van der Waals surface area contributed by atoms with Crippen LogP contribution in [0.25, 0.3) is 11.3 Å². The first kappa shape index (κ1) is 18.3. The van der Waals surface area contributed by atoms with E-state index >= 15 is 0 Å². The SMILES string of the molecule is C=CCSc1nc2c(c(=O)n1CC(=C)C)C1(CCCC1)Cc1ccccc1-2. The highest BCUT2D eigenvalue weighted by Crippen LogP contribution is 2.49. The Hall–Kier alpha value is -2.07. The van der Waals surface area contributed by atoms with E-state index < -0.39 is 0 Å². The first-order valence-corrected chi connectivity index (χ1v) is 10.7. The molecule has 2 aliphatic carbocycles. The van der Waals surface area contributed by atoms with Gasteiger partial charge in [0.25, 0.3) is 5.56 Å². The van der Waals surface area contributed by atoms with Crippen LogP contribution in [0.5, 0.6) is 0 Å². The van der Waals surface area contributed by atoms with Crippen molar-refractivity contribution < 1.29 is 0 Å². The third-order valence-electron chi connectivity index (χ3n) is 5.78. The molecular weight excluding hydrogens is 352 g/mol. The minimum atomic E-state index is -0.0494. The second kappa shape index (κ2) is 7.16. The molecule has 0 amide bonds. The Bertz CT molecular complexity index is 967. The van der Waals surface area contributed by atoms with Gasteiger partial charge in [0.15, 0.2) is 5.16 Å². The maximum absolute atomic E-state index is 13.7. The van der Waals surface area contributed by atoms with Gasteiger partial charge in [0.2, 0.25) is 0 Å². The van der Waals surface area contributed by atoms with Gasteiger partial charge in [-0.15, -0.1) is 6.58 Å². The molecule has 1 aromatic heterocycles. The molecule has 0 aliphatic heterocycles. The van der Waals surface area contributed by atoms with Crippen molar-refractivity contribution in [2.45, 2.75) is 56.1 Å². The number of benzene rings is 1. The second-order valence-electron chi connectivity index (χ2n) is 7.89. The fourth-order valence-electron chi connectivity index (χ4n) is 4.70. The van der Waals surface area contributed by atoms with Gasteiger partial charge in [-0.05, 0) is 31.7 Å². The highest BCUT2D eigenvalue weighted by Gasteiger charge is 2.44. The number of hydrogen-bond acceptors (Lipinski definition) is 3. The molecule has 1 heterocycles. The largest absolute Gasteiger partial charge is 0.283 e. The highest BCUT2D eigenvalue weighted by molar-refractivity contribution is 7.99. The van der Waals surface area contributed by atoms with E-state index in [0.717, 1.165) is 52.6 Å². The van der Waals surface area contributed by atoms with Crippen LogP contribution < -0.4 is 5.56 Å². The van der Waals surface area contributed by atoms with Crippen molar-refractivity contribution in [3.05, 3.63) is 70.6 Å². The number of rotatable bonds is 5. The number of allylic oxidation sites excluding steroid dienone is 1. The van der Waals surface area contributed by atoms with Gasteiger partial charge in [-0.25, -0.2) is 4.98 Å². The molecule has 2 aliphatic rings. The fourth-order valence-corrected chi connectivity index (χ4v) is 5.42. The van der Waals surface area contributed by atoms with Crippen molar-refractivity contribution in [1.29, 1.82) is 0 Å². The summed E-state index contributed by atoms with van der Waals surface area (Å²) >= 11 is 1.57. The third kappa shape index (κ3) is 3.10. The van der Waals surface area contributed by atoms with E-state index in [2.05, 4.69) is 31.4 Å². The van der Waals surface area contributed by atoms with Crippen molar-refractivity contribution >= 4 is 11.8 Å². The summed E-state index contributed by atoms with van der Waals surface area (Å²) in [6.45, 7) is 10.3. The molecule has 1 aromatic carbocycles. The average molecular weight is 379 g/mol. The van der Waals surface area contributed by atoms with Gasteiger partial charge in [-0.2, -0.15) is 0 Å². The summed E-state index contributed by atoms with van der Waals surface area (Å²) < 4.78 is 1.84. The first-order chi connectivity index (χ1) is 13.1. The van der Waals surface area contributed by atoms with Gasteiger partial charge in [-0.1, -0.05) is 67.1 Å². The van der Waals surface area contributed by atoms with Gasteiger partial charge in [0.1, 0.15) is 0 Å². The molecule has 0 atom stereocenters. The van der Waals surface area contributed by atoms with Gasteiger partial charge in [0, 0.05) is 23.3 Å². The second-order valence-corrected chi connectivity index (χ2v) is 8.87. The number of aromatic nitrogens is 2. The molecule has 140 valence electrons. The Morgan fingerprint density at radius 1 is 1.33 bits per heavy atom. The molecule has 4 rings (SSSR count). The van der Waals surface area contributed by atoms with E-state index in [1.54, 1.807) is 11.8 Å². The summed E-state index contributed by atoms with van der Waals surface area (Å²) in [7, 11) is 0. The Labute approximate surface area is 165 Å². The summed E-state index contributed by atoms with van der Waals surface area (Å²) in [5.74, 6) is 0.730. The summed E-state index contributed by atoms with van der Waals surface area (Å²) in [4.78, 5) is 18.8. The summed E-state index contributed by atoms with van der Waals surface area (Å²) in [6, 6.07) is 8.47. The highest BCUT2D eigenvalue weighted by atomic mass is 32.2. The van der Waals surface area contributed by atoms with Gasteiger partial charge >= 0.3 is 0 Å². The Balaban J connectivity index is 2.01. The van der Waals surface area contributed by atoms with Crippen LogP contribution in [-0.2, 0) is 18.4 Å². The zero-order valence-electron chi connectivity index (χ0n) is 16.0. The molecule has 0 N–H and O–H groups in total. The van der Waals surface area contributed by atoms with Crippen LogP contribution in [0.3, 0.4) is 0 Å². The minimum absolute atomic E-state index is 0.0494. The zero-order valence-corrected chi connectivity index (χ0v) is 16.8. The predicted molar refractivity (Wildman–Crippen MR) is 114 cm³/mol. The topological polar surface area (TPSA) is 34.9 Å². The van der Waals surface area contributed by atoms with E-state index in [4.69, 9.17) is 4.98 Å². The number of hydrogen-bond donors (Lipinski definition) is 0. The Morgan fingerprint density at radius 2 is 2.07 bits per heavy atom. The number of nitrogens with zero attached hydrogens (tertiary/aromatic N) is 2. The van der Waals surface area contributed by atoms with Crippen LogP contribution in [0.2, 0.25) is 0 Å². The molecule has 27 heavy (non-hydrogen) atoms. The zero-order chi connectivity index (χ0) is 19.0. The maximum atomic E-state index is 13.7. The molecular formula is C23H26N2OS. The lowest BCUT2D eigenvalue weighted by atomic mass is 9.68. The van der Waals surface area contributed by atoms with Gasteiger partial charge in [-0.3, -0.25) is 9.36 Å². The lowest BCUT2D eigenvalue weighted by molar-refractivity contribution is 0.417. The van der Waals surface area contributed by atoms with Crippen LogP contribution in [0.4, 0.5) is 0 Å². The van der Waals surface area contributed by atoms with Crippen molar-refractivity contribution in [1.82, 2.24) is 9.55 Å². The molecule has 1 saturated carbocycles. The van der Waals surface area contributed by atoms with Crippen molar-refractivity contribution in [3.8, 4) is 11.3 Å². The molecule has 2 aromatic rings. The van der Waals surface area contributed by atoms with Crippen LogP contribution in [0.15, 0.2) is 59.0 Å². The van der Waals surface area contributed by atoms with Gasteiger partial charge in [0.05, 0.1) is 11.3 Å². The predicted octanol–water partition coefficient (Wildman–Crippen LogP) is 5.13. The molecule has 0 unspecified atom stereocenters. The average Bonchev–Trinajstić information content (AvgIpc) is 3.10. The molecule has 0 saturated heterocycles. The molecule has 1 fully saturated rings. The monoisotopic (exact) mass is 378 g/mol. The summed E-state index contributed by atoms with van der Waals surface area (Å²) in [5.41, 5.74) is 5.37. The van der Waals surface area contributed by atoms with E-state index in [-0.39, 0.29) is 11.0 Å². The quantitative estimate of drug-likeness (QED) is 0.411. The van der Waals surface area contributed by atoms with E-state index in [0.29, 0.717) is 6.54 Å². The van der Waals surface area contributed by atoms with Gasteiger partial charge < -0.3 is 0 Å². The minimum Gasteiger partial charge on any atom is -0.283 e. The Morgan fingerprint density at radius 3 is 2.78 bits per heavy atom. The molecule has 0 radical (unpaired) electrons. The molecule has 3 nitrogen and oxygen atoms in total. The summed E-state index contributed by atoms with van der Waals surface area (Å²) in [6.07, 6.45) is 7.35.